The van der Waals surface area contributed by atoms with Gasteiger partial charge in [0.05, 0.1) is 0 Å². The van der Waals surface area contributed by atoms with Crippen molar-refractivity contribution >= 4 is 5.91 Å². The molecule has 1 fully saturated rings. The van der Waals surface area contributed by atoms with Gasteiger partial charge in [0.1, 0.15) is 5.75 Å². The van der Waals surface area contributed by atoms with E-state index in [-0.39, 0.29) is 28.8 Å². The Morgan fingerprint density at radius 3 is 2.87 bits per heavy atom. The van der Waals surface area contributed by atoms with E-state index in [4.69, 9.17) is 0 Å². The number of carbonyl (C=O) groups is 1. The molecule has 15 heavy (non-hydrogen) atoms. The number of pyridine rings is 1. The molecule has 1 heterocycles. The molecule has 2 rings (SSSR count). The van der Waals surface area contributed by atoms with Crippen molar-refractivity contribution in [1.82, 2.24) is 10.3 Å². The molecule has 0 bridgehead atoms. The summed E-state index contributed by atoms with van der Waals surface area (Å²) >= 11 is 0. The molecule has 1 saturated carbocycles. The fraction of sp³-hybridized carbons (Fsp3) is 0.455. The van der Waals surface area contributed by atoms with Crippen molar-refractivity contribution in [3.63, 3.8) is 0 Å². The van der Waals surface area contributed by atoms with Gasteiger partial charge in [0, 0.05) is 12.2 Å². The number of aromatic nitrogens is 1. The van der Waals surface area contributed by atoms with Crippen LogP contribution in [0, 0.1) is 5.41 Å². The monoisotopic (exact) mass is 206 g/mol. The second-order valence-corrected chi connectivity index (χ2v) is 4.59. The van der Waals surface area contributed by atoms with Crippen molar-refractivity contribution in [3.8, 4) is 5.75 Å². The first-order chi connectivity index (χ1) is 7.00. The largest absolute Gasteiger partial charge is 0.505 e. The van der Waals surface area contributed by atoms with E-state index < -0.39 is 0 Å². The lowest BCUT2D eigenvalue weighted by atomic mass is 10.2. The van der Waals surface area contributed by atoms with Crippen molar-refractivity contribution in [2.24, 2.45) is 5.41 Å². The normalized spacial score (nSPS) is 22.1. The Bertz CT molecular complexity index is 401. The molecule has 1 aliphatic rings. The van der Waals surface area contributed by atoms with Crippen LogP contribution in [0.1, 0.15) is 30.8 Å². The minimum atomic E-state index is -0.302. The maximum absolute atomic E-state index is 11.7. The number of nitrogens with one attached hydrogen (secondary N) is 1. The Labute approximate surface area is 88.3 Å². The van der Waals surface area contributed by atoms with Gasteiger partial charge in [-0.1, -0.05) is 13.8 Å². The third-order valence-electron chi connectivity index (χ3n) is 2.82. The third kappa shape index (κ3) is 1.93. The summed E-state index contributed by atoms with van der Waals surface area (Å²) in [5, 5.41) is 12.3. The lowest BCUT2D eigenvalue weighted by Crippen LogP contribution is -2.29. The lowest BCUT2D eigenvalue weighted by molar-refractivity contribution is 0.0938. The van der Waals surface area contributed by atoms with Crippen molar-refractivity contribution in [2.45, 2.75) is 26.3 Å². The van der Waals surface area contributed by atoms with E-state index in [9.17, 15) is 9.90 Å². The summed E-state index contributed by atoms with van der Waals surface area (Å²) in [7, 11) is 0. The predicted molar refractivity (Wildman–Crippen MR) is 55.6 cm³/mol. The summed E-state index contributed by atoms with van der Waals surface area (Å²) in [6, 6.07) is 3.25. The van der Waals surface area contributed by atoms with Crippen LogP contribution in [-0.2, 0) is 0 Å². The van der Waals surface area contributed by atoms with Gasteiger partial charge in [-0.3, -0.25) is 4.79 Å². The average Bonchev–Trinajstić information content (AvgIpc) is 2.74. The lowest BCUT2D eigenvalue weighted by Gasteiger charge is -2.06. The highest BCUT2D eigenvalue weighted by atomic mass is 16.3. The van der Waals surface area contributed by atoms with Gasteiger partial charge in [0.25, 0.3) is 5.91 Å². The van der Waals surface area contributed by atoms with Crippen LogP contribution in [0.3, 0.4) is 0 Å². The summed E-state index contributed by atoms with van der Waals surface area (Å²) in [5.74, 6) is -0.378. The van der Waals surface area contributed by atoms with Crippen LogP contribution in [0.4, 0.5) is 0 Å². The first-order valence-electron chi connectivity index (χ1n) is 4.95. The Morgan fingerprint density at radius 2 is 2.33 bits per heavy atom. The number of hydrogen-bond donors (Lipinski definition) is 2. The topological polar surface area (TPSA) is 62.2 Å². The molecule has 4 heteroatoms. The van der Waals surface area contributed by atoms with Crippen LogP contribution in [0.5, 0.6) is 5.75 Å². The zero-order valence-corrected chi connectivity index (χ0v) is 8.82. The van der Waals surface area contributed by atoms with E-state index >= 15 is 0 Å². The Kier molecular flexibility index (Phi) is 2.14. The van der Waals surface area contributed by atoms with Gasteiger partial charge in [0.2, 0.25) is 0 Å². The molecule has 1 amide bonds. The van der Waals surface area contributed by atoms with Gasteiger partial charge in [-0.05, 0) is 24.0 Å². The van der Waals surface area contributed by atoms with Crippen LogP contribution < -0.4 is 5.32 Å². The molecule has 0 spiro atoms. The molecule has 1 unspecified atom stereocenters. The van der Waals surface area contributed by atoms with Crippen molar-refractivity contribution in [2.75, 3.05) is 0 Å². The van der Waals surface area contributed by atoms with Crippen LogP contribution in [0.2, 0.25) is 0 Å². The van der Waals surface area contributed by atoms with Crippen LogP contribution >= 0.6 is 0 Å². The number of amides is 1. The van der Waals surface area contributed by atoms with Gasteiger partial charge < -0.3 is 10.4 Å². The fourth-order valence-corrected chi connectivity index (χ4v) is 1.51. The number of aromatic hydroxyl groups is 1. The minimum absolute atomic E-state index is 0.0755. The molecule has 0 aromatic carbocycles. The number of rotatable bonds is 2. The van der Waals surface area contributed by atoms with Gasteiger partial charge >= 0.3 is 0 Å². The quantitative estimate of drug-likeness (QED) is 0.767. The minimum Gasteiger partial charge on any atom is -0.505 e. The number of carbonyl (C=O) groups excluding carboxylic acids is 1. The zero-order valence-electron chi connectivity index (χ0n) is 8.82. The highest BCUT2D eigenvalue weighted by Gasteiger charge is 2.46. The Morgan fingerprint density at radius 1 is 1.67 bits per heavy atom. The number of hydrogen-bond acceptors (Lipinski definition) is 3. The van der Waals surface area contributed by atoms with E-state index in [2.05, 4.69) is 24.1 Å². The summed E-state index contributed by atoms with van der Waals surface area (Å²) < 4.78 is 0. The molecule has 4 nitrogen and oxygen atoms in total. The second kappa shape index (κ2) is 3.22. The first-order valence-corrected chi connectivity index (χ1v) is 4.95. The predicted octanol–water partition coefficient (Wildman–Crippen LogP) is 1.32. The summed E-state index contributed by atoms with van der Waals surface area (Å²) in [5.41, 5.74) is 0.278. The van der Waals surface area contributed by atoms with E-state index in [0.29, 0.717) is 0 Å². The summed E-state index contributed by atoms with van der Waals surface area (Å²) in [4.78, 5) is 15.5. The molecule has 0 radical (unpaired) electrons. The molecular formula is C11H14N2O2. The number of nitrogens with zero attached hydrogens (tertiary/aromatic N) is 1. The van der Waals surface area contributed by atoms with Crippen LogP contribution in [0.15, 0.2) is 18.3 Å². The van der Waals surface area contributed by atoms with Gasteiger partial charge in [-0.2, -0.15) is 0 Å². The molecule has 1 aliphatic carbocycles. The molecule has 1 aromatic heterocycles. The SMILES string of the molecule is CC1(C)CC1NC(=O)c1ncccc1O. The Hall–Kier alpha value is -1.58. The van der Waals surface area contributed by atoms with E-state index in [1.54, 1.807) is 6.07 Å². The van der Waals surface area contributed by atoms with Gasteiger partial charge in [-0.25, -0.2) is 4.98 Å². The maximum Gasteiger partial charge on any atom is 0.273 e. The van der Waals surface area contributed by atoms with Crippen molar-refractivity contribution in [3.05, 3.63) is 24.0 Å². The van der Waals surface area contributed by atoms with Crippen LogP contribution in [0.25, 0.3) is 0 Å². The highest BCUT2D eigenvalue weighted by molar-refractivity contribution is 5.95. The molecule has 0 saturated heterocycles. The summed E-state index contributed by atoms with van der Waals surface area (Å²) in [6.45, 7) is 4.19. The molecule has 2 N–H and O–H groups in total. The highest BCUT2D eigenvalue weighted by Crippen LogP contribution is 2.44. The summed E-state index contributed by atoms with van der Waals surface area (Å²) in [6.07, 6.45) is 2.47. The van der Waals surface area contributed by atoms with Gasteiger partial charge in [0.15, 0.2) is 5.69 Å². The van der Waals surface area contributed by atoms with Crippen molar-refractivity contribution in [1.29, 1.82) is 0 Å². The van der Waals surface area contributed by atoms with E-state index in [0.717, 1.165) is 6.42 Å². The van der Waals surface area contributed by atoms with E-state index in [1.165, 1.54) is 12.3 Å². The molecule has 1 aromatic rings. The molecule has 0 aliphatic heterocycles. The van der Waals surface area contributed by atoms with E-state index in [1.807, 2.05) is 0 Å². The van der Waals surface area contributed by atoms with Crippen LogP contribution in [-0.4, -0.2) is 22.0 Å². The van der Waals surface area contributed by atoms with Crippen molar-refractivity contribution < 1.29 is 9.90 Å². The third-order valence-corrected chi connectivity index (χ3v) is 2.82. The smallest absolute Gasteiger partial charge is 0.273 e. The molecule has 1 atom stereocenters. The maximum atomic E-state index is 11.7. The van der Waals surface area contributed by atoms with Gasteiger partial charge in [-0.15, -0.1) is 0 Å². The average molecular weight is 206 g/mol. The molecule has 80 valence electrons. The fourth-order valence-electron chi connectivity index (χ4n) is 1.51. The Balaban J connectivity index is 2.06. The zero-order chi connectivity index (χ0) is 11.1. The molecular weight excluding hydrogens is 192 g/mol. The standard InChI is InChI=1S/C11H14N2O2/c1-11(2)6-8(11)13-10(15)9-7(14)4-3-5-12-9/h3-5,8,14H,6H2,1-2H3,(H,13,15). The second-order valence-electron chi connectivity index (χ2n) is 4.59. The first kappa shape index (κ1) is 9.96.